The number of halogens is 3. The van der Waals surface area contributed by atoms with Crippen LogP contribution in [0.3, 0.4) is 0 Å². The van der Waals surface area contributed by atoms with Crippen LogP contribution in [0.25, 0.3) is 0 Å². The van der Waals surface area contributed by atoms with Gasteiger partial charge >= 0.3 is 21.6 Å². The number of allylic oxidation sites excluding steroid dienone is 3. The minimum Gasteiger partial charge on any atom is -0.463 e. The Morgan fingerprint density at radius 1 is 1.23 bits per heavy atom. The van der Waals surface area contributed by atoms with Crippen LogP contribution >= 0.6 is 0 Å². The van der Waals surface area contributed by atoms with Gasteiger partial charge in [-0.3, -0.25) is 0 Å². The molecule has 5 nitrogen and oxygen atoms in total. The highest BCUT2D eigenvalue weighted by atomic mass is 32.2. The SMILES string of the molecule is C=CCC(CC=C)/C(=C/C(=O)OCC)OS(=O)(=O)C(F)(F)F. The normalized spacial score (nSPS) is 12.9. The molecule has 9 heteroatoms. The number of esters is 1. The fourth-order valence-corrected chi connectivity index (χ4v) is 1.95. The van der Waals surface area contributed by atoms with E-state index in [9.17, 15) is 26.4 Å². The van der Waals surface area contributed by atoms with Gasteiger partial charge in [0.05, 0.1) is 12.7 Å². The second-order valence-electron chi connectivity index (χ2n) is 4.03. The molecule has 0 bridgehead atoms. The summed E-state index contributed by atoms with van der Waals surface area (Å²) in [5.74, 6) is -2.51. The molecular formula is C13H17F3O5S. The van der Waals surface area contributed by atoms with Crippen molar-refractivity contribution in [3.63, 3.8) is 0 Å². The van der Waals surface area contributed by atoms with Crippen molar-refractivity contribution < 1.29 is 35.3 Å². The third-order valence-corrected chi connectivity index (χ3v) is 3.32. The van der Waals surface area contributed by atoms with Gasteiger partial charge in [-0.05, 0) is 19.8 Å². The monoisotopic (exact) mass is 342 g/mol. The molecule has 0 fully saturated rings. The van der Waals surface area contributed by atoms with E-state index in [-0.39, 0.29) is 19.4 Å². The van der Waals surface area contributed by atoms with Crippen LogP contribution in [0.4, 0.5) is 13.2 Å². The summed E-state index contributed by atoms with van der Waals surface area (Å²) in [7, 11) is -5.88. The molecule has 0 aliphatic carbocycles. The highest BCUT2D eigenvalue weighted by Gasteiger charge is 2.49. The molecule has 0 unspecified atom stereocenters. The van der Waals surface area contributed by atoms with Gasteiger partial charge in [0.15, 0.2) is 0 Å². The van der Waals surface area contributed by atoms with Crippen LogP contribution in [-0.4, -0.2) is 26.5 Å². The van der Waals surface area contributed by atoms with Crippen molar-refractivity contribution in [2.75, 3.05) is 6.61 Å². The van der Waals surface area contributed by atoms with E-state index in [4.69, 9.17) is 0 Å². The Morgan fingerprint density at radius 3 is 2.09 bits per heavy atom. The molecule has 0 amide bonds. The van der Waals surface area contributed by atoms with Gasteiger partial charge in [-0.1, -0.05) is 12.2 Å². The number of carbonyl (C=O) groups is 1. The lowest BCUT2D eigenvalue weighted by Crippen LogP contribution is -2.27. The quantitative estimate of drug-likeness (QED) is 0.161. The highest BCUT2D eigenvalue weighted by molar-refractivity contribution is 7.87. The van der Waals surface area contributed by atoms with E-state index in [1.807, 2.05) is 0 Å². The van der Waals surface area contributed by atoms with E-state index in [0.29, 0.717) is 6.08 Å². The highest BCUT2D eigenvalue weighted by Crippen LogP contribution is 2.31. The lowest BCUT2D eigenvalue weighted by Gasteiger charge is -2.18. The first-order chi connectivity index (χ1) is 10.1. The van der Waals surface area contributed by atoms with Crippen molar-refractivity contribution in [3.8, 4) is 0 Å². The molecule has 0 saturated carbocycles. The van der Waals surface area contributed by atoms with Gasteiger partial charge in [-0.25, -0.2) is 4.79 Å². The predicted molar refractivity (Wildman–Crippen MR) is 73.9 cm³/mol. The van der Waals surface area contributed by atoms with Crippen LogP contribution in [0.1, 0.15) is 19.8 Å². The van der Waals surface area contributed by atoms with E-state index < -0.39 is 33.3 Å². The van der Waals surface area contributed by atoms with Crippen molar-refractivity contribution in [1.29, 1.82) is 0 Å². The summed E-state index contributed by atoms with van der Waals surface area (Å²) in [5.41, 5.74) is -5.60. The van der Waals surface area contributed by atoms with E-state index in [1.165, 1.54) is 19.1 Å². The molecular weight excluding hydrogens is 325 g/mol. The van der Waals surface area contributed by atoms with Crippen LogP contribution in [0, 0.1) is 5.92 Å². The van der Waals surface area contributed by atoms with E-state index in [0.717, 1.165) is 0 Å². The second-order valence-corrected chi connectivity index (χ2v) is 5.57. The summed E-state index contributed by atoms with van der Waals surface area (Å²) in [6, 6.07) is 0. The summed E-state index contributed by atoms with van der Waals surface area (Å²) in [6.07, 6.45) is 3.48. The van der Waals surface area contributed by atoms with Crippen LogP contribution in [0.15, 0.2) is 37.1 Å². The third-order valence-electron chi connectivity index (χ3n) is 2.34. The summed E-state index contributed by atoms with van der Waals surface area (Å²) < 4.78 is 68.2. The predicted octanol–water partition coefficient (Wildman–Crippen LogP) is 3.07. The number of hydrogen-bond donors (Lipinski definition) is 0. The first-order valence-corrected chi connectivity index (χ1v) is 7.60. The van der Waals surface area contributed by atoms with Crippen molar-refractivity contribution in [3.05, 3.63) is 37.1 Å². The van der Waals surface area contributed by atoms with Crippen LogP contribution in [0.2, 0.25) is 0 Å². The smallest absolute Gasteiger partial charge is 0.463 e. The lowest BCUT2D eigenvalue weighted by atomic mass is 9.99. The standard InChI is InChI=1S/C13H17F3O5S/c1-4-7-10(8-5-2)11(9-12(17)20-6-3)21-22(18,19)13(14,15)16/h4-5,9-10H,1-2,6-8H2,3H3/b11-9-. The minimum absolute atomic E-state index is 0.0256. The first kappa shape index (κ1) is 20.2. The van der Waals surface area contributed by atoms with E-state index in [1.54, 1.807) is 0 Å². The average Bonchev–Trinajstić information content (AvgIpc) is 2.36. The maximum Gasteiger partial charge on any atom is 0.534 e. The Balaban J connectivity index is 5.64. The van der Waals surface area contributed by atoms with Gasteiger partial charge < -0.3 is 8.92 Å². The molecule has 0 aromatic carbocycles. The fraction of sp³-hybridized carbons (Fsp3) is 0.462. The molecule has 0 rings (SSSR count). The molecule has 0 heterocycles. The Hall–Kier alpha value is -1.77. The van der Waals surface area contributed by atoms with Gasteiger partial charge in [0.1, 0.15) is 5.76 Å². The van der Waals surface area contributed by atoms with E-state index >= 15 is 0 Å². The van der Waals surface area contributed by atoms with Crippen LogP contribution < -0.4 is 0 Å². The van der Waals surface area contributed by atoms with Crippen LogP contribution in [0.5, 0.6) is 0 Å². The fourth-order valence-electron chi connectivity index (χ4n) is 1.41. The van der Waals surface area contributed by atoms with Gasteiger partial charge in [0.2, 0.25) is 0 Å². The molecule has 0 aromatic rings. The van der Waals surface area contributed by atoms with Crippen molar-refractivity contribution >= 4 is 16.1 Å². The largest absolute Gasteiger partial charge is 0.534 e. The molecule has 0 N–H and O–H groups in total. The molecule has 0 aliphatic heterocycles. The zero-order valence-corrected chi connectivity index (χ0v) is 12.7. The molecule has 0 aromatic heterocycles. The first-order valence-electron chi connectivity index (χ1n) is 6.19. The van der Waals surface area contributed by atoms with Gasteiger partial charge in [0.25, 0.3) is 0 Å². The maximum absolute atomic E-state index is 12.4. The summed E-state index contributed by atoms with van der Waals surface area (Å²) in [6.45, 7) is 8.31. The number of hydrogen-bond acceptors (Lipinski definition) is 5. The molecule has 126 valence electrons. The minimum atomic E-state index is -5.88. The average molecular weight is 342 g/mol. The van der Waals surface area contributed by atoms with Gasteiger partial charge in [-0.2, -0.15) is 21.6 Å². The van der Waals surface area contributed by atoms with Crippen molar-refractivity contribution in [1.82, 2.24) is 0 Å². The van der Waals surface area contributed by atoms with Crippen molar-refractivity contribution in [2.24, 2.45) is 5.92 Å². The topological polar surface area (TPSA) is 69.7 Å². The Labute approximate surface area is 127 Å². The molecule has 22 heavy (non-hydrogen) atoms. The zero-order chi connectivity index (χ0) is 17.4. The van der Waals surface area contributed by atoms with Gasteiger partial charge in [-0.15, -0.1) is 13.2 Å². The lowest BCUT2D eigenvalue weighted by molar-refractivity contribution is -0.137. The molecule has 0 aliphatic rings. The number of rotatable bonds is 9. The maximum atomic E-state index is 12.4. The summed E-state index contributed by atoms with van der Waals surface area (Å²) in [4.78, 5) is 11.4. The summed E-state index contributed by atoms with van der Waals surface area (Å²) in [5, 5.41) is 0. The number of carbonyl (C=O) groups excluding carboxylic acids is 1. The van der Waals surface area contributed by atoms with Gasteiger partial charge in [0, 0.05) is 5.92 Å². The Bertz CT molecular complexity index is 524. The number of ether oxygens (including phenoxy) is 1. The van der Waals surface area contributed by atoms with Crippen molar-refractivity contribution in [2.45, 2.75) is 25.3 Å². The summed E-state index contributed by atoms with van der Waals surface area (Å²) >= 11 is 0. The molecule has 0 saturated heterocycles. The zero-order valence-electron chi connectivity index (χ0n) is 11.9. The molecule has 0 radical (unpaired) electrons. The second kappa shape index (κ2) is 8.62. The van der Waals surface area contributed by atoms with Crippen LogP contribution in [-0.2, 0) is 23.8 Å². The third kappa shape index (κ3) is 6.33. The molecule has 0 spiro atoms. The Morgan fingerprint density at radius 2 is 1.73 bits per heavy atom. The van der Waals surface area contributed by atoms with E-state index in [2.05, 4.69) is 22.1 Å². The Kier molecular flexibility index (Phi) is 7.93. The molecule has 0 atom stereocenters. The number of alkyl halides is 3.